The van der Waals surface area contributed by atoms with E-state index in [2.05, 4.69) is 0 Å². The zero-order valence-electron chi connectivity index (χ0n) is 12.3. The van der Waals surface area contributed by atoms with E-state index in [1.165, 1.54) is 0 Å². The zero-order valence-corrected chi connectivity index (χ0v) is 12.3. The molecule has 2 rings (SSSR count). The van der Waals surface area contributed by atoms with Crippen molar-refractivity contribution in [1.82, 2.24) is 0 Å². The van der Waals surface area contributed by atoms with Crippen LogP contribution in [-0.2, 0) is 20.7 Å². The van der Waals surface area contributed by atoms with E-state index in [1.54, 1.807) is 28.1 Å². The number of methoxy groups -OCH3 is 2. The molecule has 0 aliphatic carbocycles. The third kappa shape index (κ3) is 2.94. The molecular formula is C15H20O5. The average molecular weight is 280 g/mol. The summed E-state index contributed by atoms with van der Waals surface area (Å²) < 4.78 is 21.7. The van der Waals surface area contributed by atoms with Crippen molar-refractivity contribution in [3.8, 4) is 11.5 Å². The number of hydrogen-bond acceptors (Lipinski definition) is 5. The minimum atomic E-state index is -0.941. The first-order chi connectivity index (χ1) is 9.43. The smallest absolute Gasteiger partial charge is 0.164 e. The van der Waals surface area contributed by atoms with Crippen LogP contribution in [0.3, 0.4) is 0 Å². The van der Waals surface area contributed by atoms with Crippen LogP contribution in [0.1, 0.15) is 19.4 Å². The summed E-state index contributed by atoms with van der Waals surface area (Å²) in [7, 11) is 3.16. The first kappa shape index (κ1) is 14.8. The Bertz CT molecular complexity index is 497. The number of ether oxygens (including phenoxy) is 4. The number of carbonyl (C=O) groups excluding carboxylic acids is 1. The predicted octanol–water partition coefficient (Wildman–Crippen LogP) is 1.97. The molecule has 0 N–H and O–H groups in total. The van der Waals surface area contributed by atoms with Crippen molar-refractivity contribution < 1.29 is 23.7 Å². The van der Waals surface area contributed by atoms with Crippen LogP contribution < -0.4 is 9.47 Å². The Morgan fingerprint density at radius 2 is 1.95 bits per heavy atom. The van der Waals surface area contributed by atoms with Gasteiger partial charge in [0.25, 0.3) is 0 Å². The van der Waals surface area contributed by atoms with E-state index in [-0.39, 0.29) is 6.61 Å². The van der Waals surface area contributed by atoms with E-state index < -0.39 is 11.4 Å². The molecule has 1 aliphatic rings. The van der Waals surface area contributed by atoms with Crippen molar-refractivity contribution >= 4 is 6.29 Å². The highest BCUT2D eigenvalue weighted by Crippen LogP contribution is 2.34. The molecule has 1 heterocycles. The van der Waals surface area contributed by atoms with Crippen LogP contribution in [0.5, 0.6) is 11.5 Å². The standard InChI is InChI=1S/C15H20O5/c1-14(2)19-10-15(9-16,20-14)8-11-5-6-12(17-3)13(7-11)18-4/h5-7,9H,8,10H2,1-4H3/t15-/m1/s1. The van der Waals surface area contributed by atoms with Crippen LogP contribution in [0.4, 0.5) is 0 Å². The predicted molar refractivity (Wildman–Crippen MR) is 73.2 cm³/mol. The molecule has 0 unspecified atom stereocenters. The van der Waals surface area contributed by atoms with Crippen LogP contribution in [0.2, 0.25) is 0 Å². The van der Waals surface area contributed by atoms with Gasteiger partial charge in [-0.2, -0.15) is 0 Å². The molecule has 5 nitrogen and oxygen atoms in total. The highest BCUT2D eigenvalue weighted by molar-refractivity contribution is 5.64. The summed E-state index contributed by atoms with van der Waals surface area (Å²) in [4.78, 5) is 11.4. The molecule has 1 fully saturated rings. The van der Waals surface area contributed by atoms with E-state index in [1.807, 2.05) is 18.2 Å². The molecule has 20 heavy (non-hydrogen) atoms. The van der Waals surface area contributed by atoms with Crippen LogP contribution in [0.15, 0.2) is 18.2 Å². The van der Waals surface area contributed by atoms with Gasteiger partial charge in [0.1, 0.15) is 0 Å². The van der Waals surface area contributed by atoms with E-state index >= 15 is 0 Å². The molecule has 0 bridgehead atoms. The second-order valence-electron chi connectivity index (χ2n) is 5.34. The molecule has 1 saturated heterocycles. The SMILES string of the molecule is COc1ccc(C[C@@]2(C=O)COC(C)(C)O2)cc1OC. The largest absolute Gasteiger partial charge is 0.493 e. The fourth-order valence-electron chi connectivity index (χ4n) is 2.37. The van der Waals surface area contributed by atoms with Crippen molar-refractivity contribution in [2.24, 2.45) is 0 Å². The summed E-state index contributed by atoms with van der Waals surface area (Å²) in [6, 6.07) is 5.55. The summed E-state index contributed by atoms with van der Waals surface area (Å²) in [6.07, 6.45) is 1.25. The Morgan fingerprint density at radius 1 is 1.25 bits per heavy atom. The van der Waals surface area contributed by atoms with Gasteiger partial charge in [-0.15, -0.1) is 0 Å². The molecule has 1 aliphatic heterocycles. The summed E-state index contributed by atoms with van der Waals surface area (Å²) in [5.74, 6) is 0.543. The van der Waals surface area contributed by atoms with Gasteiger partial charge in [0.05, 0.1) is 20.8 Å². The quantitative estimate of drug-likeness (QED) is 0.772. The highest BCUT2D eigenvalue weighted by Gasteiger charge is 2.45. The maximum atomic E-state index is 11.4. The van der Waals surface area contributed by atoms with Gasteiger partial charge in [-0.1, -0.05) is 6.07 Å². The number of benzene rings is 1. The molecule has 5 heteroatoms. The maximum Gasteiger partial charge on any atom is 0.164 e. The lowest BCUT2D eigenvalue weighted by atomic mass is 9.96. The molecule has 0 spiro atoms. The van der Waals surface area contributed by atoms with Crippen LogP contribution >= 0.6 is 0 Å². The lowest BCUT2D eigenvalue weighted by molar-refractivity contribution is -0.164. The number of hydrogen-bond donors (Lipinski definition) is 0. The molecule has 1 aromatic rings. The van der Waals surface area contributed by atoms with Gasteiger partial charge < -0.3 is 23.7 Å². The third-order valence-electron chi connectivity index (χ3n) is 3.28. The molecule has 110 valence electrons. The molecule has 1 aromatic carbocycles. The van der Waals surface area contributed by atoms with Gasteiger partial charge in [-0.25, -0.2) is 0 Å². The third-order valence-corrected chi connectivity index (χ3v) is 3.28. The monoisotopic (exact) mass is 280 g/mol. The Hall–Kier alpha value is -1.59. The fourth-order valence-corrected chi connectivity index (χ4v) is 2.37. The Kier molecular flexibility index (Phi) is 4.01. The van der Waals surface area contributed by atoms with E-state index in [4.69, 9.17) is 18.9 Å². The summed E-state index contributed by atoms with van der Waals surface area (Å²) in [5, 5.41) is 0. The summed E-state index contributed by atoms with van der Waals surface area (Å²) >= 11 is 0. The second kappa shape index (κ2) is 5.42. The molecular weight excluding hydrogens is 260 g/mol. The van der Waals surface area contributed by atoms with Gasteiger partial charge >= 0.3 is 0 Å². The van der Waals surface area contributed by atoms with Crippen molar-refractivity contribution in [2.75, 3.05) is 20.8 Å². The Morgan fingerprint density at radius 3 is 2.45 bits per heavy atom. The van der Waals surface area contributed by atoms with Gasteiger partial charge in [0.2, 0.25) is 0 Å². The molecule has 0 amide bonds. The van der Waals surface area contributed by atoms with Gasteiger partial charge in [-0.05, 0) is 31.5 Å². The van der Waals surface area contributed by atoms with Crippen LogP contribution in [-0.4, -0.2) is 38.5 Å². The zero-order chi connectivity index (χ0) is 14.8. The molecule has 0 saturated carbocycles. The van der Waals surface area contributed by atoms with E-state index in [0.29, 0.717) is 17.9 Å². The van der Waals surface area contributed by atoms with Gasteiger partial charge in [-0.3, -0.25) is 0 Å². The number of carbonyl (C=O) groups is 1. The minimum absolute atomic E-state index is 0.248. The number of rotatable bonds is 5. The maximum absolute atomic E-state index is 11.4. The lowest BCUT2D eigenvalue weighted by Gasteiger charge is -2.24. The first-order valence-electron chi connectivity index (χ1n) is 6.45. The molecule has 1 atom stereocenters. The van der Waals surface area contributed by atoms with Crippen molar-refractivity contribution in [3.63, 3.8) is 0 Å². The van der Waals surface area contributed by atoms with Crippen molar-refractivity contribution in [1.29, 1.82) is 0 Å². The topological polar surface area (TPSA) is 54.0 Å². The first-order valence-corrected chi connectivity index (χ1v) is 6.45. The highest BCUT2D eigenvalue weighted by atomic mass is 16.8. The normalized spacial score (nSPS) is 24.4. The fraction of sp³-hybridized carbons (Fsp3) is 0.533. The van der Waals surface area contributed by atoms with Gasteiger partial charge in [0, 0.05) is 6.42 Å². The summed E-state index contributed by atoms with van der Waals surface area (Å²) in [6.45, 7) is 3.84. The van der Waals surface area contributed by atoms with Gasteiger partial charge in [0.15, 0.2) is 29.2 Å². The second-order valence-corrected chi connectivity index (χ2v) is 5.34. The number of aldehydes is 1. The van der Waals surface area contributed by atoms with Crippen LogP contribution in [0.25, 0.3) is 0 Å². The van der Waals surface area contributed by atoms with Crippen LogP contribution in [0, 0.1) is 0 Å². The Labute approximate surface area is 118 Å². The lowest BCUT2D eigenvalue weighted by Crippen LogP contribution is -2.38. The summed E-state index contributed by atoms with van der Waals surface area (Å²) in [5.41, 5.74) is -0.0145. The van der Waals surface area contributed by atoms with Crippen molar-refractivity contribution in [3.05, 3.63) is 23.8 Å². The molecule has 0 radical (unpaired) electrons. The minimum Gasteiger partial charge on any atom is -0.493 e. The molecule has 0 aromatic heterocycles. The van der Waals surface area contributed by atoms with E-state index in [9.17, 15) is 4.79 Å². The van der Waals surface area contributed by atoms with Crippen molar-refractivity contribution in [2.45, 2.75) is 31.7 Å². The Balaban J connectivity index is 2.23. The van der Waals surface area contributed by atoms with E-state index in [0.717, 1.165) is 11.8 Å². The average Bonchev–Trinajstić information content (AvgIpc) is 2.74.